The number of carbonyl (C=O) groups excluding carboxylic acids is 1. The topological polar surface area (TPSA) is 47.6 Å². The molecule has 0 aliphatic carbocycles. The van der Waals surface area contributed by atoms with Crippen LogP contribution in [0.25, 0.3) is 0 Å². The predicted octanol–water partition coefficient (Wildman–Crippen LogP) is 2.76. The van der Waals surface area contributed by atoms with Gasteiger partial charge in [0.25, 0.3) is 0 Å². The maximum Gasteiger partial charge on any atom is 0.220 e. The lowest BCUT2D eigenvalue weighted by Gasteiger charge is -2.33. The Morgan fingerprint density at radius 1 is 1.05 bits per heavy atom. The highest BCUT2D eigenvalue weighted by Crippen LogP contribution is 2.26. The standard InChI is InChI=1S/C15H31NO3/c1-14(2,3)12-15(4,5)16-13(17)8-7-9-19-11-10-18-6/h7-12H2,1-6H3,(H,16,17). The Morgan fingerprint density at radius 3 is 2.21 bits per heavy atom. The van der Waals surface area contributed by atoms with Gasteiger partial charge in [-0.25, -0.2) is 0 Å². The van der Waals surface area contributed by atoms with Crippen LogP contribution < -0.4 is 5.32 Å². The lowest BCUT2D eigenvalue weighted by molar-refractivity contribution is -0.123. The Balaban J connectivity index is 3.79. The van der Waals surface area contributed by atoms with Crippen molar-refractivity contribution < 1.29 is 14.3 Å². The van der Waals surface area contributed by atoms with Crippen molar-refractivity contribution in [1.29, 1.82) is 0 Å². The maximum absolute atomic E-state index is 11.8. The lowest BCUT2D eigenvalue weighted by Crippen LogP contribution is -2.45. The first-order chi connectivity index (χ1) is 8.66. The summed E-state index contributed by atoms with van der Waals surface area (Å²) in [5.41, 5.74) is 0.0479. The minimum absolute atomic E-state index is 0.101. The van der Waals surface area contributed by atoms with Crippen molar-refractivity contribution >= 4 is 5.91 Å². The van der Waals surface area contributed by atoms with Gasteiger partial charge in [-0.2, -0.15) is 0 Å². The molecule has 0 bridgehead atoms. The zero-order valence-electron chi connectivity index (χ0n) is 13.5. The van der Waals surface area contributed by atoms with Crippen molar-refractivity contribution in [2.45, 2.75) is 59.4 Å². The summed E-state index contributed by atoms with van der Waals surface area (Å²) >= 11 is 0. The average Bonchev–Trinajstić information content (AvgIpc) is 2.18. The van der Waals surface area contributed by atoms with Crippen molar-refractivity contribution in [3.05, 3.63) is 0 Å². The quantitative estimate of drug-likeness (QED) is 0.657. The van der Waals surface area contributed by atoms with E-state index in [1.54, 1.807) is 7.11 Å². The summed E-state index contributed by atoms with van der Waals surface area (Å²) < 4.78 is 10.2. The van der Waals surface area contributed by atoms with Crippen LogP contribution in [-0.2, 0) is 14.3 Å². The van der Waals surface area contributed by atoms with Crippen LogP contribution in [0.5, 0.6) is 0 Å². The molecule has 0 heterocycles. The van der Waals surface area contributed by atoms with Gasteiger partial charge in [-0.15, -0.1) is 0 Å². The molecule has 0 radical (unpaired) electrons. The van der Waals surface area contributed by atoms with Crippen LogP contribution in [0.4, 0.5) is 0 Å². The van der Waals surface area contributed by atoms with E-state index in [0.717, 1.165) is 12.8 Å². The third-order valence-corrected chi connectivity index (χ3v) is 2.57. The van der Waals surface area contributed by atoms with Crippen LogP contribution in [0.2, 0.25) is 0 Å². The first kappa shape index (κ1) is 18.4. The summed E-state index contributed by atoms with van der Waals surface area (Å²) in [5, 5.41) is 3.10. The molecule has 114 valence electrons. The first-order valence-electron chi connectivity index (χ1n) is 7.04. The molecular weight excluding hydrogens is 242 g/mol. The number of rotatable bonds is 9. The van der Waals surface area contributed by atoms with E-state index >= 15 is 0 Å². The SMILES string of the molecule is COCCOCCCC(=O)NC(C)(C)CC(C)(C)C. The Kier molecular flexibility index (Phi) is 8.26. The summed E-state index contributed by atoms with van der Waals surface area (Å²) in [6, 6.07) is 0. The van der Waals surface area contributed by atoms with Crippen molar-refractivity contribution in [2.75, 3.05) is 26.9 Å². The van der Waals surface area contributed by atoms with E-state index in [0.29, 0.717) is 26.2 Å². The van der Waals surface area contributed by atoms with Gasteiger partial charge in [0.2, 0.25) is 5.91 Å². The molecule has 0 aliphatic heterocycles. The molecule has 0 spiro atoms. The molecule has 0 aromatic carbocycles. The smallest absolute Gasteiger partial charge is 0.220 e. The Labute approximate surface area is 118 Å². The molecule has 0 rings (SSSR count). The van der Waals surface area contributed by atoms with Gasteiger partial charge in [-0.3, -0.25) is 4.79 Å². The molecule has 4 heteroatoms. The number of hydrogen-bond donors (Lipinski definition) is 1. The number of methoxy groups -OCH3 is 1. The molecule has 0 atom stereocenters. The summed E-state index contributed by atoms with van der Waals surface area (Å²) in [7, 11) is 1.65. The highest BCUT2D eigenvalue weighted by atomic mass is 16.5. The number of nitrogens with one attached hydrogen (secondary N) is 1. The maximum atomic E-state index is 11.8. The second-order valence-electron chi connectivity index (χ2n) is 6.88. The fourth-order valence-corrected chi connectivity index (χ4v) is 2.39. The lowest BCUT2D eigenvalue weighted by atomic mass is 9.82. The van der Waals surface area contributed by atoms with E-state index in [-0.39, 0.29) is 16.9 Å². The molecule has 0 aliphatic rings. The van der Waals surface area contributed by atoms with Gasteiger partial charge in [0, 0.05) is 25.7 Å². The molecule has 19 heavy (non-hydrogen) atoms. The summed E-state index contributed by atoms with van der Waals surface area (Å²) in [4.78, 5) is 11.8. The summed E-state index contributed by atoms with van der Waals surface area (Å²) in [6.07, 6.45) is 2.22. The molecule has 1 N–H and O–H groups in total. The minimum Gasteiger partial charge on any atom is -0.382 e. The highest BCUT2D eigenvalue weighted by Gasteiger charge is 2.26. The Hall–Kier alpha value is -0.610. The van der Waals surface area contributed by atoms with Crippen molar-refractivity contribution in [2.24, 2.45) is 5.41 Å². The van der Waals surface area contributed by atoms with Gasteiger partial charge >= 0.3 is 0 Å². The zero-order valence-corrected chi connectivity index (χ0v) is 13.5. The first-order valence-corrected chi connectivity index (χ1v) is 7.04. The molecule has 0 fully saturated rings. The Bertz CT molecular complexity index is 257. The number of hydrogen-bond acceptors (Lipinski definition) is 3. The molecule has 0 unspecified atom stereocenters. The molecule has 0 aromatic heterocycles. The van der Waals surface area contributed by atoms with Crippen molar-refractivity contribution in [1.82, 2.24) is 5.32 Å². The molecular formula is C15H31NO3. The predicted molar refractivity (Wildman–Crippen MR) is 78.2 cm³/mol. The van der Waals surface area contributed by atoms with Crippen LogP contribution in [0, 0.1) is 5.41 Å². The van der Waals surface area contributed by atoms with Crippen molar-refractivity contribution in [3.8, 4) is 0 Å². The van der Waals surface area contributed by atoms with E-state index < -0.39 is 0 Å². The van der Waals surface area contributed by atoms with Gasteiger partial charge in [-0.1, -0.05) is 20.8 Å². The number of amides is 1. The molecule has 0 aromatic rings. The number of carbonyl (C=O) groups is 1. The van der Waals surface area contributed by atoms with Gasteiger partial charge in [-0.05, 0) is 32.1 Å². The fraction of sp³-hybridized carbons (Fsp3) is 0.933. The van der Waals surface area contributed by atoms with E-state index in [1.807, 2.05) is 0 Å². The second-order valence-corrected chi connectivity index (χ2v) is 6.88. The molecule has 0 saturated carbocycles. The third kappa shape index (κ3) is 12.2. The largest absolute Gasteiger partial charge is 0.382 e. The van der Waals surface area contributed by atoms with Gasteiger partial charge in [0.05, 0.1) is 13.2 Å². The van der Waals surface area contributed by atoms with Crippen LogP contribution in [0.3, 0.4) is 0 Å². The third-order valence-electron chi connectivity index (χ3n) is 2.57. The molecule has 0 saturated heterocycles. The van der Waals surface area contributed by atoms with Crippen LogP contribution in [0.1, 0.15) is 53.9 Å². The fourth-order valence-electron chi connectivity index (χ4n) is 2.39. The van der Waals surface area contributed by atoms with Gasteiger partial charge < -0.3 is 14.8 Å². The highest BCUT2D eigenvalue weighted by molar-refractivity contribution is 5.76. The number of ether oxygens (including phenoxy) is 2. The average molecular weight is 273 g/mol. The van der Waals surface area contributed by atoms with Crippen LogP contribution in [0.15, 0.2) is 0 Å². The van der Waals surface area contributed by atoms with Gasteiger partial charge in [0.1, 0.15) is 0 Å². The van der Waals surface area contributed by atoms with Gasteiger partial charge in [0.15, 0.2) is 0 Å². The monoisotopic (exact) mass is 273 g/mol. The summed E-state index contributed by atoms with van der Waals surface area (Å²) in [6.45, 7) is 12.5. The van der Waals surface area contributed by atoms with E-state index in [2.05, 4.69) is 39.9 Å². The van der Waals surface area contributed by atoms with E-state index in [1.165, 1.54) is 0 Å². The minimum atomic E-state index is -0.160. The molecule has 1 amide bonds. The zero-order chi connectivity index (χ0) is 14.9. The Morgan fingerprint density at radius 2 is 1.68 bits per heavy atom. The van der Waals surface area contributed by atoms with Crippen molar-refractivity contribution in [3.63, 3.8) is 0 Å². The normalized spacial score (nSPS) is 12.5. The molecule has 4 nitrogen and oxygen atoms in total. The van der Waals surface area contributed by atoms with Crippen LogP contribution >= 0.6 is 0 Å². The second kappa shape index (κ2) is 8.54. The van der Waals surface area contributed by atoms with E-state index in [9.17, 15) is 4.79 Å². The van der Waals surface area contributed by atoms with E-state index in [4.69, 9.17) is 9.47 Å². The summed E-state index contributed by atoms with van der Waals surface area (Å²) in [5.74, 6) is 0.101. The van der Waals surface area contributed by atoms with Crippen LogP contribution in [-0.4, -0.2) is 38.4 Å².